The SMILES string of the molecule is CCCCCCCCCC(=O)Oc1cc(Oc2ccccc2)c(OC(=O)CCCCCCCCC)c2ccccc12. The van der Waals surface area contributed by atoms with E-state index in [1.807, 2.05) is 54.6 Å². The topological polar surface area (TPSA) is 61.8 Å². The Morgan fingerprint density at radius 1 is 0.537 bits per heavy atom. The number of para-hydroxylation sites is 1. The summed E-state index contributed by atoms with van der Waals surface area (Å²) in [5.74, 6) is 1.16. The summed E-state index contributed by atoms with van der Waals surface area (Å²) in [6.45, 7) is 4.42. The van der Waals surface area contributed by atoms with Gasteiger partial charge in [0.2, 0.25) is 0 Å². The van der Waals surface area contributed by atoms with Crippen LogP contribution in [0.3, 0.4) is 0 Å². The highest BCUT2D eigenvalue weighted by Crippen LogP contribution is 2.43. The molecular weight excluding hydrogens is 512 g/mol. The molecule has 0 saturated heterocycles. The molecule has 0 aliphatic carbocycles. The molecule has 41 heavy (non-hydrogen) atoms. The highest BCUT2D eigenvalue weighted by molar-refractivity contribution is 5.98. The second-order valence-corrected chi connectivity index (χ2v) is 10.9. The van der Waals surface area contributed by atoms with E-state index in [2.05, 4.69) is 13.8 Å². The van der Waals surface area contributed by atoms with Crippen LogP contribution in [0.1, 0.15) is 117 Å². The van der Waals surface area contributed by atoms with E-state index in [9.17, 15) is 9.59 Å². The number of unbranched alkanes of at least 4 members (excludes halogenated alkanes) is 12. The zero-order valence-corrected chi connectivity index (χ0v) is 25.1. The number of hydrogen-bond acceptors (Lipinski definition) is 5. The molecule has 0 aliphatic rings. The average Bonchev–Trinajstić information content (AvgIpc) is 2.98. The minimum Gasteiger partial charge on any atom is -0.453 e. The predicted molar refractivity (Wildman–Crippen MR) is 167 cm³/mol. The van der Waals surface area contributed by atoms with Gasteiger partial charge >= 0.3 is 11.9 Å². The van der Waals surface area contributed by atoms with Crippen molar-refractivity contribution in [1.82, 2.24) is 0 Å². The molecule has 3 rings (SSSR count). The van der Waals surface area contributed by atoms with Gasteiger partial charge in [-0.25, -0.2) is 0 Å². The summed E-state index contributed by atoms with van der Waals surface area (Å²) in [4.78, 5) is 25.7. The van der Waals surface area contributed by atoms with Crippen molar-refractivity contribution in [2.75, 3.05) is 0 Å². The standard InChI is InChI=1S/C36H48O5/c1-3-5-7-9-11-13-18-26-34(37)40-32-28-33(39-29-22-16-15-17-23-29)36(31-25-21-20-24-30(31)32)41-35(38)27-19-14-12-10-8-6-4-2/h15-17,20-25,28H,3-14,18-19,26-27H2,1-2H3. The van der Waals surface area contributed by atoms with Crippen molar-refractivity contribution in [1.29, 1.82) is 0 Å². The predicted octanol–water partition coefficient (Wildman–Crippen LogP) is 10.7. The number of hydrogen-bond donors (Lipinski definition) is 0. The van der Waals surface area contributed by atoms with Gasteiger partial charge in [-0.05, 0) is 25.0 Å². The number of benzene rings is 3. The van der Waals surface area contributed by atoms with Gasteiger partial charge in [-0.15, -0.1) is 0 Å². The monoisotopic (exact) mass is 560 g/mol. The number of fused-ring (bicyclic) bond motifs is 1. The van der Waals surface area contributed by atoms with Gasteiger partial charge in [-0.2, -0.15) is 0 Å². The maximum absolute atomic E-state index is 12.9. The van der Waals surface area contributed by atoms with Gasteiger partial charge in [0, 0.05) is 29.7 Å². The second-order valence-electron chi connectivity index (χ2n) is 10.9. The van der Waals surface area contributed by atoms with Crippen molar-refractivity contribution in [3.8, 4) is 23.0 Å². The van der Waals surface area contributed by atoms with Gasteiger partial charge in [0.05, 0.1) is 0 Å². The summed E-state index contributed by atoms with van der Waals surface area (Å²) in [5.41, 5.74) is 0. The van der Waals surface area contributed by atoms with E-state index < -0.39 is 0 Å². The van der Waals surface area contributed by atoms with Crippen LogP contribution in [0.15, 0.2) is 60.7 Å². The van der Waals surface area contributed by atoms with Crippen molar-refractivity contribution in [3.05, 3.63) is 60.7 Å². The molecule has 0 saturated carbocycles. The minimum atomic E-state index is -0.287. The summed E-state index contributed by atoms with van der Waals surface area (Å²) in [7, 11) is 0. The molecule has 0 unspecified atom stereocenters. The molecule has 0 aliphatic heterocycles. The fourth-order valence-corrected chi connectivity index (χ4v) is 4.96. The van der Waals surface area contributed by atoms with Crippen LogP contribution in [0.25, 0.3) is 10.8 Å². The molecule has 0 heterocycles. The van der Waals surface area contributed by atoms with Crippen LogP contribution in [0.5, 0.6) is 23.0 Å². The lowest BCUT2D eigenvalue weighted by molar-refractivity contribution is -0.135. The first kappa shape index (κ1) is 32.2. The van der Waals surface area contributed by atoms with E-state index in [1.165, 1.54) is 51.4 Å². The molecule has 0 bridgehead atoms. The maximum atomic E-state index is 12.9. The Morgan fingerprint density at radius 3 is 1.61 bits per heavy atom. The molecule has 0 amide bonds. The fourth-order valence-electron chi connectivity index (χ4n) is 4.96. The van der Waals surface area contributed by atoms with E-state index >= 15 is 0 Å². The Kier molecular flexibility index (Phi) is 14.8. The van der Waals surface area contributed by atoms with Crippen LogP contribution in [-0.4, -0.2) is 11.9 Å². The quantitative estimate of drug-likeness (QED) is 0.0781. The number of carbonyl (C=O) groups excluding carboxylic acids is 2. The first-order valence-electron chi connectivity index (χ1n) is 15.8. The number of carbonyl (C=O) groups is 2. The third-order valence-electron chi connectivity index (χ3n) is 7.30. The molecule has 0 N–H and O–H groups in total. The van der Waals surface area contributed by atoms with Gasteiger partial charge < -0.3 is 14.2 Å². The first-order valence-corrected chi connectivity index (χ1v) is 15.8. The van der Waals surface area contributed by atoms with Crippen molar-refractivity contribution in [3.63, 3.8) is 0 Å². The third kappa shape index (κ3) is 11.6. The number of ether oxygens (including phenoxy) is 3. The van der Waals surface area contributed by atoms with Crippen molar-refractivity contribution >= 4 is 22.7 Å². The van der Waals surface area contributed by atoms with E-state index in [0.717, 1.165) is 38.5 Å². The van der Waals surface area contributed by atoms with Crippen molar-refractivity contribution in [2.45, 2.75) is 117 Å². The molecule has 0 spiro atoms. The lowest BCUT2D eigenvalue weighted by Gasteiger charge is -2.17. The van der Waals surface area contributed by atoms with Gasteiger partial charge in [0.25, 0.3) is 0 Å². The van der Waals surface area contributed by atoms with Crippen LogP contribution < -0.4 is 14.2 Å². The fraction of sp³-hybridized carbons (Fsp3) is 0.500. The molecule has 5 nitrogen and oxygen atoms in total. The zero-order chi connectivity index (χ0) is 29.1. The van der Waals surface area contributed by atoms with Crippen LogP contribution in [-0.2, 0) is 9.59 Å². The third-order valence-corrected chi connectivity index (χ3v) is 7.30. The molecule has 0 atom stereocenters. The van der Waals surface area contributed by atoms with Crippen molar-refractivity contribution < 1.29 is 23.8 Å². The Hall–Kier alpha value is -3.34. The van der Waals surface area contributed by atoms with Crippen molar-refractivity contribution in [2.24, 2.45) is 0 Å². The lowest BCUT2D eigenvalue weighted by Crippen LogP contribution is -2.11. The summed E-state index contributed by atoms with van der Waals surface area (Å²) in [5, 5.41) is 1.38. The molecule has 3 aromatic carbocycles. The van der Waals surface area contributed by atoms with E-state index in [1.54, 1.807) is 6.07 Å². The van der Waals surface area contributed by atoms with Crippen LogP contribution >= 0.6 is 0 Å². The number of rotatable bonds is 20. The summed E-state index contributed by atoms with van der Waals surface area (Å²) < 4.78 is 18.0. The van der Waals surface area contributed by atoms with E-state index in [4.69, 9.17) is 14.2 Å². The summed E-state index contributed by atoms with van der Waals surface area (Å²) in [6, 6.07) is 18.5. The largest absolute Gasteiger partial charge is 0.453 e. The minimum absolute atomic E-state index is 0.266. The molecule has 3 aromatic rings. The first-order chi connectivity index (χ1) is 20.1. The second kappa shape index (κ2) is 18.9. The van der Waals surface area contributed by atoms with Gasteiger partial charge in [0.15, 0.2) is 11.5 Å². The maximum Gasteiger partial charge on any atom is 0.311 e. The van der Waals surface area contributed by atoms with Gasteiger partial charge in [-0.3, -0.25) is 9.59 Å². The van der Waals surface area contributed by atoms with Crippen LogP contribution in [0, 0.1) is 0 Å². The van der Waals surface area contributed by atoms with Crippen LogP contribution in [0.4, 0.5) is 0 Å². The van der Waals surface area contributed by atoms with E-state index in [0.29, 0.717) is 46.6 Å². The lowest BCUT2D eigenvalue weighted by atomic mass is 10.1. The average molecular weight is 561 g/mol. The van der Waals surface area contributed by atoms with Crippen LogP contribution in [0.2, 0.25) is 0 Å². The van der Waals surface area contributed by atoms with Gasteiger partial charge in [0.1, 0.15) is 11.5 Å². The molecule has 0 aromatic heterocycles. The highest BCUT2D eigenvalue weighted by Gasteiger charge is 2.20. The highest BCUT2D eigenvalue weighted by atomic mass is 16.6. The molecule has 222 valence electrons. The number of esters is 2. The smallest absolute Gasteiger partial charge is 0.311 e. The Labute approximate surface area is 246 Å². The normalized spacial score (nSPS) is 11.0. The molecule has 0 fully saturated rings. The summed E-state index contributed by atoms with van der Waals surface area (Å²) in [6.07, 6.45) is 16.6. The molecule has 5 heteroatoms. The Morgan fingerprint density at radius 2 is 1.02 bits per heavy atom. The molecule has 0 radical (unpaired) electrons. The Bertz CT molecular complexity index is 1190. The van der Waals surface area contributed by atoms with E-state index in [-0.39, 0.29) is 11.9 Å². The molecular formula is C36H48O5. The zero-order valence-electron chi connectivity index (χ0n) is 25.1. The summed E-state index contributed by atoms with van der Waals surface area (Å²) >= 11 is 0. The Balaban J connectivity index is 1.72. The van der Waals surface area contributed by atoms with Gasteiger partial charge in [-0.1, -0.05) is 133 Å².